The van der Waals surface area contributed by atoms with E-state index in [0.717, 1.165) is 77.7 Å². The van der Waals surface area contributed by atoms with Gasteiger partial charge in [-0.3, -0.25) is 9.59 Å². The fraction of sp³-hybridized carbons (Fsp3) is 0.412. The summed E-state index contributed by atoms with van der Waals surface area (Å²) in [7, 11) is 0. The quantitative estimate of drug-likeness (QED) is 0.313. The maximum absolute atomic E-state index is 13.7. The Labute approximate surface area is 246 Å². The van der Waals surface area contributed by atoms with Crippen molar-refractivity contribution in [1.82, 2.24) is 19.9 Å². The molecule has 0 saturated heterocycles. The zero-order valence-electron chi connectivity index (χ0n) is 24.6. The van der Waals surface area contributed by atoms with Gasteiger partial charge in [-0.25, -0.2) is 4.68 Å². The van der Waals surface area contributed by atoms with Crippen molar-refractivity contribution in [3.8, 4) is 5.75 Å². The molecule has 1 amide bonds. The van der Waals surface area contributed by atoms with Gasteiger partial charge in [0.15, 0.2) is 0 Å². The molecule has 8 heteroatoms. The fourth-order valence-corrected chi connectivity index (χ4v) is 6.46. The third-order valence-electron chi connectivity index (χ3n) is 8.97. The molecule has 0 fully saturated rings. The molecule has 9 rings (SSSR count). The molecular weight excluding hydrogens is 528 g/mol. The van der Waals surface area contributed by atoms with E-state index in [4.69, 9.17) is 4.74 Å². The third-order valence-corrected chi connectivity index (χ3v) is 8.97. The van der Waals surface area contributed by atoms with Crippen LogP contribution in [0.25, 0.3) is 11.0 Å². The molecule has 4 aromatic rings. The molecule has 5 aliphatic heterocycles. The number of aliphatic carboxylic acids is 1. The van der Waals surface area contributed by atoms with Crippen molar-refractivity contribution in [3.63, 3.8) is 0 Å². The number of ether oxygens (including phenoxy) is 1. The van der Waals surface area contributed by atoms with E-state index in [2.05, 4.69) is 28.5 Å². The summed E-state index contributed by atoms with van der Waals surface area (Å²) in [6, 6.07) is 18.0. The predicted molar refractivity (Wildman–Crippen MR) is 161 cm³/mol. The standard InChI is InChI=1S/C34H38N4O4/c1-22-18-27-11-12-28(22)32(39)37-16-14-23-8-9-24(19-26(23)21-37)31(34(2,3)33(40)41)25-10-13-30-29(20-25)35-36-38(30)15-6-4-5-7-17-42-27/h8-13,18-20,31H,4-7,14-17,21H2,1-3H3,(H,40,41). The molecule has 1 aromatic heterocycles. The Morgan fingerprint density at radius 3 is 2.55 bits per heavy atom. The first kappa shape index (κ1) is 27.9. The third kappa shape index (κ3) is 5.26. The van der Waals surface area contributed by atoms with E-state index in [1.807, 2.05) is 52.9 Å². The van der Waals surface area contributed by atoms with Gasteiger partial charge < -0.3 is 14.7 Å². The molecular formula is C34H38N4O4. The summed E-state index contributed by atoms with van der Waals surface area (Å²) in [5, 5.41) is 19.2. The first-order valence-corrected chi connectivity index (χ1v) is 14.9. The largest absolute Gasteiger partial charge is 0.494 e. The van der Waals surface area contributed by atoms with Gasteiger partial charge in [-0.05, 0) is 105 Å². The number of carboxylic acid groups (broad SMARTS) is 1. The Hall–Kier alpha value is -4.20. The molecule has 1 atom stereocenters. The lowest BCUT2D eigenvalue weighted by Gasteiger charge is -2.34. The molecule has 42 heavy (non-hydrogen) atoms. The van der Waals surface area contributed by atoms with Gasteiger partial charge in [0.05, 0.1) is 17.5 Å². The van der Waals surface area contributed by atoms with Crippen LogP contribution in [-0.4, -0.2) is 50.0 Å². The number of carboxylic acids is 1. The lowest BCUT2D eigenvalue weighted by atomic mass is 9.70. The highest BCUT2D eigenvalue weighted by molar-refractivity contribution is 5.96. The van der Waals surface area contributed by atoms with Crippen LogP contribution in [0.5, 0.6) is 5.75 Å². The van der Waals surface area contributed by atoms with Crippen LogP contribution in [0.1, 0.15) is 83.6 Å². The number of hydrogen-bond acceptors (Lipinski definition) is 5. The van der Waals surface area contributed by atoms with Crippen molar-refractivity contribution >= 4 is 22.9 Å². The van der Waals surface area contributed by atoms with Crippen molar-refractivity contribution < 1.29 is 19.4 Å². The lowest BCUT2D eigenvalue weighted by molar-refractivity contribution is -0.147. The zero-order chi connectivity index (χ0) is 29.4. The molecule has 1 N–H and O–H groups in total. The molecule has 0 aliphatic carbocycles. The van der Waals surface area contributed by atoms with Crippen LogP contribution >= 0.6 is 0 Å². The monoisotopic (exact) mass is 566 g/mol. The van der Waals surface area contributed by atoms with E-state index in [-0.39, 0.29) is 5.91 Å². The van der Waals surface area contributed by atoms with Gasteiger partial charge in [-0.2, -0.15) is 0 Å². The van der Waals surface area contributed by atoms with Crippen molar-refractivity contribution in [2.45, 2.75) is 71.9 Å². The number of carbonyl (C=O) groups is 2. The van der Waals surface area contributed by atoms with E-state index < -0.39 is 17.3 Å². The average Bonchev–Trinajstić information content (AvgIpc) is 3.37. The number of rotatable bonds is 2. The number of aromatic nitrogens is 3. The van der Waals surface area contributed by atoms with E-state index in [0.29, 0.717) is 25.3 Å². The molecule has 6 heterocycles. The summed E-state index contributed by atoms with van der Waals surface area (Å²) in [5.74, 6) is -0.496. The van der Waals surface area contributed by atoms with Crippen LogP contribution in [0.15, 0.2) is 54.6 Å². The summed E-state index contributed by atoms with van der Waals surface area (Å²) in [4.78, 5) is 28.2. The Morgan fingerprint density at radius 1 is 0.952 bits per heavy atom. The smallest absolute Gasteiger partial charge is 0.310 e. The van der Waals surface area contributed by atoms with Crippen LogP contribution in [0.3, 0.4) is 0 Å². The second-order valence-corrected chi connectivity index (χ2v) is 12.3. The molecule has 9 bridgehead atoms. The zero-order valence-corrected chi connectivity index (χ0v) is 24.6. The van der Waals surface area contributed by atoms with Crippen molar-refractivity contribution in [3.05, 3.63) is 88.0 Å². The lowest BCUT2D eigenvalue weighted by Crippen LogP contribution is -2.36. The minimum atomic E-state index is -1.09. The van der Waals surface area contributed by atoms with Crippen molar-refractivity contribution in [1.29, 1.82) is 0 Å². The molecule has 8 nitrogen and oxygen atoms in total. The summed E-state index contributed by atoms with van der Waals surface area (Å²) < 4.78 is 7.94. The number of aryl methyl sites for hydroxylation is 2. The van der Waals surface area contributed by atoms with E-state index in [1.54, 1.807) is 13.8 Å². The van der Waals surface area contributed by atoms with Gasteiger partial charge in [0.1, 0.15) is 11.3 Å². The van der Waals surface area contributed by atoms with E-state index in [9.17, 15) is 14.7 Å². The van der Waals surface area contributed by atoms with Gasteiger partial charge in [0.25, 0.3) is 5.91 Å². The Balaban J connectivity index is 1.42. The van der Waals surface area contributed by atoms with Crippen LogP contribution in [0.4, 0.5) is 0 Å². The maximum atomic E-state index is 13.7. The molecule has 0 spiro atoms. The molecule has 218 valence electrons. The predicted octanol–water partition coefficient (Wildman–Crippen LogP) is 6.13. The molecule has 0 saturated carbocycles. The minimum Gasteiger partial charge on any atom is -0.494 e. The van der Waals surface area contributed by atoms with E-state index >= 15 is 0 Å². The molecule has 3 aromatic carbocycles. The number of carbonyl (C=O) groups excluding carboxylic acids is 1. The molecule has 5 aliphatic rings. The topological polar surface area (TPSA) is 97.5 Å². The highest BCUT2D eigenvalue weighted by atomic mass is 16.5. The second-order valence-electron chi connectivity index (χ2n) is 12.3. The SMILES string of the molecule is Cc1cc2ccc1C(=O)N1CCc3ccc(cc3C1)C(C(C)(C)C(=O)O)c1ccc3c(c1)nnn3CCCCCCO2. The Bertz CT molecular complexity index is 1660. The number of amides is 1. The van der Waals surface area contributed by atoms with Crippen LogP contribution in [0, 0.1) is 12.3 Å². The fourth-order valence-electron chi connectivity index (χ4n) is 6.46. The van der Waals surface area contributed by atoms with Crippen molar-refractivity contribution in [2.75, 3.05) is 13.2 Å². The van der Waals surface area contributed by atoms with Gasteiger partial charge in [0, 0.05) is 31.1 Å². The number of hydrogen-bond donors (Lipinski definition) is 1. The van der Waals surface area contributed by atoms with Crippen LogP contribution in [-0.2, 0) is 24.3 Å². The van der Waals surface area contributed by atoms with Gasteiger partial charge in [-0.1, -0.05) is 35.9 Å². The maximum Gasteiger partial charge on any atom is 0.310 e. The average molecular weight is 567 g/mol. The Kier molecular flexibility index (Phi) is 7.47. The summed E-state index contributed by atoms with van der Waals surface area (Å²) in [6.45, 7) is 8.05. The molecule has 0 radical (unpaired) electrons. The van der Waals surface area contributed by atoms with Crippen molar-refractivity contribution in [2.24, 2.45) is 5.41 Å². The highest BCUT2D eigenvalue weighted by Crippen LogP contribution is 2.43. The van der Waals surface area contributed by atoms with Crippen LogP contribution in [0.2, 0.25) is 0 Å². The second kappa shape index (κ2) is 11.2. The van der Waals surface area contributed by atoms with Gasteiger partial charge >= 0.3 is 5.97 Å². The van der Waals surface area contributed by atoms with Crippen LogP contribution < -0.4 is 4.74 Å². The minimum absolute atomic E-state index is 0.00412. The summed E-state index contributed by atoms with van der Waals surface area (Å²) >= 11 is 0. The molecule has 1 unspecified atom stereocenters. The Morgan fingerprint density at radius 2 is 1.74 bits per heavy atom. The highest BCUT2D eigenvalue weighted by Gasteiger charge is 2.39. The van der Waals surface area contributed by atoms with Gasteiger partial charge in [-0.15, -0.1) is 5.10 Å². The summed E-state index contributed by atoms with van der Waals surface area (Å²) in [6.07, 6.45) is 4.79. The number of benzene rings is 3. The summed E-state index contributed by atoms with van der Waals surface area (Å²) in [5.41, 5.74) is 6.27. The first-order chi connectivity index (χ1) is 20.2. The van der Waals surface area contributed by atoms with E-state index in [1.165, 1.54) is 5.56 Å². The first-order valence-electron chi connectivity index (χ1n) is 14.9. The normalized spacial score (nSPS) is 18.1. The van der Waals surface area contributed by atoms with Gasteiger partial charge in [0.2, 0.25) is 0 Å². The number of nitrogens with zero attached hydrogens (tertiary/aromatic N) is 4.